The smallest absolute Gasteiger partial charge is 0.230 e. The zero-order valence-corrected chi connectivity index (χ0v) is 11.1. The number of aryl methyl sites for hydroxylation is 1. The maximum absolute atomic E-state index is 8.78. The molecule has 0 saturated heterocycles. The summed E-state index contributed by atoms with van der Waals surface area (Å²) in [6, 6.07) is 9.88. The maximum Gasteiger partial charge on any atom is 0.230 e. The van der Waals surface area contributed by atoms with Crippen LogP contribution in [-0.4, -0.2) is 27.6 Å². The van der Waals surface area contributed by atoms with Gasteiger partial charge in [0.25, 0.3) is 0 Å². The second-order valence-electron chi connectivity index (χ2n) is 4.71. The summed E-state index contributed by atoms with van der Waals surface area (Å²) >= 11 is 0. The summed E-state index contributed by atoms with van der Waals surface area (Å²) in [4.78, 5) is 10.9. The highest BCUT2D eigenvalue weighted by molar-refractivity contribution is 5.95. The molecule has 0 bridgehead atoms. The molecule has 0 spiro atoms. The Hall–Kier alpha value is -2.63. The van der Waals surface area contributed by atoms with Crippen LogP contribution < -0.4 is 10.6 Å². The number of hydrogen-bond donors (Lipinski definition) is 2. The van der Waals surface area contributed by atoms with Crippen molar-refractivity contribution in [3.05, 3.63) is 47.3 Å². The van der Waals surface area contributed by atoms with Gasteiger partial charge in [-0.25, -0.2) is 9.97 Å². The zero-order chi connectivity index (χ0) is 14.1. The molecule has 6 heteroatoms. The minimum atomic E-state index is -0.00997. The lowest BCUT2D eigenvalue weighted by atomic mass is 10.2. The van der Waals surface area contributed by atoms with E-state index < -0.39 is 0 Å². The Bertz CT molecular complexity index is 683. The van der Waals surface area contributed by atoms with E-state index in [1.54, 1.807) is 6.07 Å². The van der Waals surface area contributed by atoms with Crippen molar-refractivity contribution in [3.63, 3.8) is 0 Å². The van der Waals surface area contributed by atoms with Gasteiger partial charge in [-0.3, -0.25) is 0 Å². The molecule has 0 amide bonds. The first-order valence-corrected chi connectivity index (χ1v) is 6.38. The third-order valence-electron chi connectivity index (χ3n) is 3.34. The molecule has 0 aliphatic carbocycles. The molecule has 20 heavy (non-hydrogen) atoms. The summed E-state index contributed by atoms with van der Waals surface area (Å²) < 4.78 is 0. The van der Waals surface area contributed by atoms with Gasteiger partial charge >= 0.3 is 0 Å². The fourth-order valence-electron chi connectivity index (χ4n) is 2.40. The standard InChI is InChI=1S/C14H15N5O/c1-9-8-11(13(15)18-20)17-14(16-9)19-7-6-10-4-2-3-5-12(10)19/h2-5,8,20H,6-7H2,1H3,(H2,15,18). The SMILES string of the molecule is Cc1cc(/C(N)=N/O)nc(N2CCc3ccccc32)n1. The minimum absolute atomic E-state index is 0.00997. The molecule has 102 valence electrons. The van der Waals surface area contributed by atoms with Gasteiger partial charge in [0.1, 0.15) is 5.69 Å². The van der Waals surface area contributed by atoms with Crippen LogP contribution in [0, 0.1) is 6.92 Å². The van der Waals surface area contributed by atoms with Crippen molar-refractivity contribution in [2.45, 2.75) is 13.3 Å². The summed E-state index contributed by atoms with van der Waals surface area (Å²) in [7, 11) is 0. The number of oxime groups is 1. The molecule has 3 rings (SSSR count). The predicted molar refractivity (Wildman–Crippen MR) is 76.4 cm³/mol. The average molecular weight is 269 g/mol. The van der Waals surface area contributed by atoms with Crippen molar-refractivity contribution < 1.29 is 5.21 Å². The summed E-state index contributed by atoms with van der Waals surface area (Å²) in [5.41, 5.74) is 9.22. The summed E-state index contributed by atoms with van der Waals surface area (Å²) in [6.45, 7) is 2.69. The van der Waals surface area contributed by atoms with Crippen LogP contribution in [0.3, 0.4) is 0 Å². The lowest BCUT2D eigenvalue weighted by Gasteiger charge is -2.18. The van der Waals surface area contributed by atoms with Crippen LogP contribution in [0.4, 0.5) is 11.6 Å². The molecule has 0 fully saturated rings. The van der Waals surface area contributed by atoms with Crippen LogP contribution in [0.2, 0.25) is 0 Å². The average Bonchev–Trinajstić information content (AvgIpc) is 2.89. The Balaban J connectivity index is 2.06. The van der Waals surface area contributed by atoms with Gasteiger partial charge in [0, 0.05) is 17.9 Å². The number of anilines is 2. The van der Waals surface area contributed by atoms with Crippen LogP contribution in [0.5, 0.6) is 0 Å². The van der Waals surface area contributed by atoms with Crippen molar-refractivity contribution in [2.75, 3.05) is 11.4 Å². The maximum atomic E-state index is 8.78. The molecule has 1 aromatic carbocycles. The molecule has 6 nitrogen and oxygen atoms in total. The monoisotopic (exact) mass is 269 g/mol. The number of aromatic nitrogens is 2. The number of hydrogen-bond acceptors (Lipinski definition) is 5. The number of amidine groups is 1. The highest BCUT2D eigenvalue weighted by Gasteiger charge is 2.22. The number of rotatable bonds is 2. The van der Waals surface area contributed by atoms with Crippen molar-refractivity contribution in [2.24, 2.45) is 10.9 Å². The first kappa shape index (κ1) is 12.4. The summed E-state index contributed by atoms with van der Waals surface area (Å²) in [5.74, 6) is 0.570. The van der Waals surface area contributed by atoms with Crippen LogP contribution in [0.15, 0.2) is 35.5 Å². The van der Waals surface area contributed by atoms with Crippen molar-refractivity contribution in [1.29, 1.82) is 0 Å². The van der Waals surface area contributed by atoms with Crippen LogP contribution in [0.1, 0.15) is 17.0 Å². The van der Waals surface area contributed by atoms with Crippen LogP contribution in [-0.2, 0) is 6.42 Å². The third kappa shape index (κ3) is 2.05. The van der Waals surface area contributed by atoms with Crippen LogP contribution in [0.25, 0.3) is 0 Å². The second kappa shape index (κ2) is 4.80. The highest BCUT2D eigenvalue weighted by atomic mass is 16.4. The lowest BCUT2D eigenvalue weighted by Crippen LogP contribution is -2.21. The molecular weight excluding hydrogens is 254 g/mol. The Morgan fingerprint density at radius 1 is 1.35 bits per heavy atom. The van der Waals surface area contributed by atoms with Gasteiger partial charge in [-0.2, -0.15) is 0 Å². The van der Waals surface area contributed by atoms with Crippen molar-refractivity contribution >= 4 is 17.5 Å². The first-order valence-electron chi connectivity index (χ1n) is 6.38. The van der Waals surface area contributed by atoms with Gasteiger partial charge in [0.2, 0.25) is 5.95 Å². The third-order valence-corrected chi connectivity index (χ3v) is 3.34. The van der Waals surface area contributed by atoms with E-state index in [-0.39, 0.29) is 5.84 Å². The molecule has 2 heterocycles. The molecule has 1 aromatic heterocycles. The minimum Gasteiger partial charge on any atom is -0.409 e. The van der Waals surface area contributed by atoms with E-state index in [1.807, 2.05) is 19.1 Å². The highest BCUT2D eigenvalue weighted by Crippen LogP contribution is 2.32. The quantitative estimate of drug-likeness (QED) is 0.374. The first-order chi connectivity index (χ1) is 9.69. The summed E-state index contributed by atoms with van der Waals surface area (Å²) in [5, 5.41) is 11.8. The van der Waals surface area contributed by atoms with E-state index in [9.17, 15) is 0 Å². The van der Waals surface area contributed by atoms with E-state index in [2.05, 4.69) is 32.2 Å². The van der Waals surface area contributed by atoms with Gasteiger partial charge < -0.3 is 15.8 Å². The van der Waals surface area contributed by atoms with E-state index in [0.29, 0.717) is 11.6 Å². The number of fused-ring (bicyclic) bond motifs is 1. The van der Waals surface area contributed by atoms with Crippen molar-refractivity contribution in [3.8, 4) is 0 Å². The Labute approximate surface area is 116 Å². The number of para-hydroxylation sites is 1. The fourth-order valence-corrected chi connectivity index (χ4v) is 2.40. The second-order valence-corrected chi connectivity index (χ2v) is 4.71. The van der Waals surface area contributed by atoms with Gasteiger partial charge in [-0.1, -0.05) is 23.4 Å². The zero-order valence-electron chi connectivity index (χ0n) is 11.1. The fraction of sp³-hybridized carbons (Fsp3) is 0.214. The molecule has 2 aromatic rings. The Kier molecular flexibility index (Phi) is 2.98. The van der Waals surface area contributed by atoms with E-state index >= 15 is 0 Å². The van der Waals surface area contributed by atoms with Crippen LogP contribution >= 0.6 is 0 Å². The molecule has 1 aliphatic rings. The van der Waals surface area contributed by atoms with E-state index in [4.69, 9.17) is 10.9 Å². The number of benzene rings is 1. The molecule has 1 aliphatic heterocycles. The van der Waals surface area contributed by atoms with Gasteiger partial charge in [0.05, 0.1) is 0 Å². The molecule has 0 saturated carbocycles. The van der Waals surface area contributed by atoms with E-state index in [0.717, 1.165) is 24.3 Å². The summed E-state index contributed by atoms with van der Waals surface area (Å²) in [6.07, 6.45) is 0.965. The largest absolute Gasteiger partial charge is 0.409 e. The van der Waals surface area contributed by atoms with Gasteiger partial charge in [-0.05, 0) is 31.0 Å². The lowest BCUT2D eigenvalue weighted by molar-refractivity contribution is 0.318. The molecule has 0 radical (unpaired) electrons. The topological polar surface area (TPSA) is 87.6 Å². The molecule has 3 N–H and O–H groups in total. The van der Waals surface area contributed by atoms with Crippen molar-refractivity contribution in [1.82, 2.24) is 9.97 Å². The van der Waals surface area contributed by atoms with Gasteiger partial charge in [0.15, 0.2) is 5.84 Å². The number of nitrogens with two attached hydrogens (primary N) is 1. The Morgan fingerprint density at radius 3 is 2.95 bits per heavy atom. The van der Waals surface area contributed by atoms with Gasteiger partial charge in [-0.15, -0.1) is 0 Å². The van der Waals surface area contributed by atoms with E-state index in [1.165, 1.54) is 5.56 Å². The normalized spacial score (nSPS) is 14.4. The predicted octanol–water partition coefficient (Wildman–Crippen LogP) is 1.57. The number of nitrogens with zero attached hydrogens (tertiary/aromatic N) is 4. The molecule has 0 atom stereocenters. The molecule has 0 unspecified atom stereocenters. The molecular formula is C14H15N5O. The Morgan fingerprint density at radius 2 is 2.15 bits per heavy atom.